The molecule has 3 aromatic rings. The molecular formula is C24H23N3O2. The number of hydrogen-bond donors (Lipinski definition) is 1. The summed E-state index contributed by atoms with van der Waals surface area (Å²) in [7, 11) is 0. The molecule has 1 aliphatic rings. The van der Waals surface area contributed by atoms with E-state index in [2.05, 4.69) is 39.6 Å². The van der Waals surface area contributed by atoms with Gasteiger partial charge >= 0.3 is 0 Å². The highest BCUT2D eigenvalue weighted by Crippen LogP contribution is 2.32. The molecule has 1 aromatic heterocycles. The Labute approximate surface area is 170 Å². The van der Waals surface area contributed by atoms with Crippen LogP contribution in [-0.4, -0.2) is 21.7 Å². The molecule has 0 fully saturated rings. The summed E-state index contributed by atoms with van der Waals surface area (Å²) in [4.78, 5) is 33.5. The van der Waals surface area contributed by atoms with Gasteiger partial charge in [-0.2, -0.15) is 0 Å². The lowest BCUT2D eigenvalue weighted by molar-refractivity contribution is -0.116. The van der Waals surface area contributed by atoms with Crippen LogP contribution in [0.4, 0.5) is 5.95 Å². The van der Waals surface area contributed by atoms with Crippen LogP contribution >= 0.6 is 0 Å². The number of carbonyl (C=O) groups is 2. The fourth-order valence-corrected chi connectivity index (χ4v) is 3.67. The first-order valence-electron chi connectivity index (χ1n) is 9.88. The molecule has 1 amide bonds. The minimum absolute atomic E-state index is 0.0544. The first-order chi connectivity index (χ1) is 14.1. The molecule has 4 rings (SSSR count). The summed E-state index contributed by atoms with van der Waals surface area (Å²) >= 11 is 0. The van der Waals surface area contributed by atoms with Crippen molar-refractivity contribution in [2.75, 3.05) is 5.32 Å². The highest BCUT2D eigenvalue weighted by Gasteiger charge is 2.28. The van der Waals surface area contributed by atoms with Crippen molar-refractivity contribution in [2.24, 2.45) is 0 Å². The molecule has 0 aliphatic heterocycles. The van der Waals surface area contributed by atoms with Gasteiger partial charge in [0.15, 0.2) is 5.78 Å². The van der Waals surface area contributed by atoms with Gasteiger partial charge in [0, 0.05) is 19.0 Å². The van der Waals surface area contributed by atoms with Gasteiger partial charge in [0.05, 0.1) is 11.3 Å². The van der Waals surface area contributed by atoms with Crippen molar-refractivity contribution in [2.45, 2.75) is 38.5 Å². The highest BCUT2D eigenvalue weighted by molar-refractivity contribution is 5.98. The van der Waals surface area contributed by atoms with Gasteiger partial charge in [-0.3, -0.25) is 14.9 Å². The lowest BCUT2D eigenvalue weighted by atomic mass is 9.82. The maximum Gasteiger partial charge on any atom is 0.229 e. The number of fused-ring (bicyclic) bond motifs is 1. The first kappa shape index (κ1) is 19.0. The fraction of sp³-hybridized carbons (Fsp3) is 0.250. The predicted molar refractivity (Wildman–Crippen MR) is 112 cm³/mol. The van der Waals surface area contributed by atoms with Gasteiger partial charge in [0.1, 0.15) is 0 Å². The van der Waals surface area contributed by atoms with Crippen molar-refractivity contribution in [1.29, 1.82) is 0 Å². The summed E-state index contributed by atoms with van der Waals surface area (Å²) in [6.45, 7) is 2.05. The third kappa shape index (κ3) is 4.57. The van der Waals surface area contributed by atoms with Gasteiger partial charge in [-0.15, -0.1) is 0 Å². The van der Waals surface area contributed by atoms with E-state index < -0.39 is 0 Å². The second kappa shape index (κ2) is 8.35. The second-order valence-electron chi connectivity index (χ2n) is 7.53. The van der Waals surface area contributed by atoms with Crippen molar-refractivity contribution in [1.82, 2.24) is 9.97 Å². The molecule has 1 heterocycles. The van der Waals surface area contributed by atoms with Crippen LogP contribution in [0.1, 0.15) is 51.5 Å². The third-order valence-corrected chi connectivity index (χ3v) is 5.32. The molecule has 1 aliphatic carbocycles. The van der Waals surface area contributed by atoms with E-state index in [1.807, 2.05) is 37.3 Å². The zero-order valence-corrected chi connectivity index (χ0v) is 16.4. The Kier molecular flexibility index (Phi) is 5.47. The van der Waals surface area contributed by atoms with Gasteiger partial charge < -0.3 is 0 Å². The predicted octanol–water partition coefficient (Wildman–Crippen LogP) is 4.27. The normalized spacial score (nSPS) is 15.6. The number of anilines is 1. The smallest absolute Gasteiger partial charge is 0.229 e. The molecule has 5 heteroatoms. The molecule has 1 N–H and O–H groups in total. The molecule has 0 unspecified atom stereocenters. The van der Waals surface area contributed by atoms with Crippen molar-refractivity contribution in [3.05, 3.63) is 88.7 Å². The van der Waals surface area contributed by atoms with E-state index in [4.69, 9.17) is 0 Å². The number of nitrogens with zero attached hydrogens (tertiary/aromatic N) is 2. The number of aromatic nitrogens is 2. The zero-order valence-electron chi connectivity index (χ0n) is 16.4. The molecule has 0 saturated heterocycles. The summed E-state index contributed by atoms with van der Waals surface area (Å²) < 4.78 is 0. The molecule has 0 bridgehead atoms. The van der Waals surface area contributed by atoms with Crippen LogP contribution in [0, 0.1) is 6.92 Å². The average Bonchev–Trinajstić information content (AvgIpc) is 2.73. The van der Waals surface area contributed by atoms with Crippen LogP contribution in [0.2, 0.25) is 0 Å². The summed E-state index contributed by atoms with van der Waals surface area (Å²) in [5, 5.41) is 2.77. The lowest BCUT2D eigenvalue weighted by Gasteiger charge is -2.23. The van der Waals surface area contributed by atoms with Crippen molar-refractivity contribution in [3.63, 3.8) is 0 Å². The molecule has 0 radical (unpaired) electrons. The number of hydrogen-bond acceptors (Lipinski definition) is 4. The molecule has 1 atom stereocenters. The Morgan fingerprint density at radius 1 is 1.07 bits per heavy atom. The highest BCUT2D eigenvalue weighted by atomic mass is 16.1. The zero-order chi connectivity index (χ0) is 20.2. The van der Waals surface area contributed by atoms with E-state index in [0.29, 0.717) is 36.9 Å². The summed E-state index contributed by atoms with van der Waals surface area (Å²) in [6.07, 6.45) is 3.69. The van der Waals surface area contributed by atoms with E-state index in [-0.39, 0.29) is 23.6 Å². The van der Waals surface area contributed by atoms with E-state index in [9.17, 15) is 9.59 Å². The summed E-state index contributed by atoms with van der Waals surface area (Å²) in [5.74, 6) is 0.288. The number of Topliss-reactive ketones (excluding diaryl/α,β-unsaturated/α-hetero) is 1. The molecular weight excluding hydrogens is 362 g/mol. The molecule has 0 saturated carbocycles. The Morgan fingerprint density at radius 2 is 1.83 bits per heavy atom. The van der Waals surface area contributed by atoms with E-state index in [1.165, 1.54) is 5.56 Å². The Morgan fingerprint density at radius 3 is 2.59 bits per heavy atom. The number of carbonyl (C=O) groups excluding carboxylic acids is 2. The van der Waals surface area contributed by atoms with Crippen LogP contribution in [-0.2, 0) is 17.6 Å². The van der Waals surface area contributed by atoms with Crippen LogP contribution < -0.4 is 5.32 Å². The number of rotatable bonds is 5. The van der Waals surface area contributed by atoms with Crippen molar-refractivity contribution in [3.8, 4) is 0 Å². The number of ketones is 1. The standard InChI is InChI=1S/C24H23N3O2/c1-16-7-10-18(11-8-16)19-13-21-20(22(28)14-19)15-25-24(26-21)27-23(29)12-9-17-5-3-2-4-6-17/h2-8,10-11,15,19H,9,12-14H2,1H3,(H,25,26,27,29)/t19-/m1/s1. The summed E-state index contributed by atoms with van der Waals surface area (Å²) in [5.41, 5.74) is 4.72. The average molecular weight is 385 g/mol. The number of amides is 1. The van der Waals surface area contributed by atoms with Crippen LogP contribution in [0.3, 0.4) is 0 Å². The van der Waals surface area contributed by atoms with Crippen LogP contribution in [0.5, 0.6) is 0 Å². The Hall–Kier alpha value is -3.34. The SMILES string of the molecule is Cc1ccc([C@H]2CC(=O)c3cnc(NC(=O)CCc4ccccc4)nc3C2)cc1. The lowest BCUT2D eigenvalue weighted by Crippen LogP contribution is -2.22. The van der Waals surface area contributed by atoms with Crippen molar-refractivity contribution >= 4 is 17.6 Å². The van der Waals surface area contributed by atoms with E-state index >= 15 is 0 Å². The molecule has 0 spiro atoms. The topological polar surface area (TPSA) is 72.0 Å². The van der Waals surface area contributed by atoms with Gasteiger partial charge in [-0.25, -0.2) is 9.97 Å². The number of nitrogens with one attached hydrogen (secondary N) is 1. The third-order valence-electron chi connectivity index (χ3n) is 5.32. The fourth-order valence-electron chi connectivity index (χ4n) is 3.67. The molecule has 2 aromatic carbocycles. The monoisotopic (exact) mass is 385 g/mol. The van der Waals surface area contributed by atoms with Gasteiger partial charge in [0.25, 0.3) is 0 Å². The van der Waals surface area contributed by atoms with Gasteiger partial charge in [-0.1, -0.05) is 60.2 Å². The molecule has 29 heavy (non-hydrogen) atoms. The Bertz CT molecular complexity index is 1030. The quantitative estimate of drug-likeness (QED) is 0.712. The van der Waals surface area contributed by atoms with Crippen LogP contribution in [0.25, 0.3) is 0 Å². The van der Waals surface area contributed by atoms with E-state index in [0.717, 1.165) is 11.1 Å². The first-order valence-corrected chi connectivity index (χ1v) is 9.88. The minimum atomic E-state index is -0.133. The maximum atomic E-state index is 12.6. The summed E-state index contributed by atoms with van der Waals surface area (Å²) in [6, 6.07) is 18.1. The van der Waals surface area contributed by atoms with Crippen molar-refractivity contribution < 1.29 is 9.59 Å². The second-order valence-corrected chi connectivity index (χ2v) is 7.53. The largest absolute Gasteiger partial charge is 0.295 e. The maximum absolute atomic E-state index is 12.6. The molecule has 146 valence electrons. The van der Waals surface area contributed by atoms with Crippen LogP contribution in [0.15, 0.2) is 60.8 Å². The number of benzene rings is 2. The van der Waals surface area contributed by atoms with E-state index in [1.54, 1.807) is 6.20 Å². The van der Waals surface area contributed by atoms with Gasteiger partial charge in [-0.05, 0) is 36.8 Å². The number of aryl methyl sites for hydroxylation is 2. The molecule has 5 nitrogen and oxygen atoms in total. The Balaban J connectivity index is 1.45. The minimum Gasteiger partial charge on any atom is -0.295 e. The van der Waals surface area contributed by atoms with Gasteiger partial charge in [0.2, 0.25) is 11.9 Å².